The molecule has 0 bridgehead atoms. The second-order valence-corrected chi connectivity index (χ2v) is 5.07. The van der Waals surface area contributed by atoms with Gasteiger partial charge in [-0.05, 0) is 38.0 Å². The SMILES string of the molecule is Cc1cc(C)c(NC(=O)CNc2cc(C)on2)c(Cl)c1. The molecule has 0 aliphatic carbocycles. The summed E-state index contributed by atoms with van der Waals surface area (Å²) < 4.78 is 4.90. The summed E-state index contributed by atoms with van der Waals surface area (Å²) in [6.07, 6.45) is 0. The first kappa shape index (κ1) is 14.4. The van der Waals surface area contributed by atoms with E-state index >= 15 is 0 Å². The zero-order valence-corrected chi connectivity index (χ0v) is 12.3. The maximum atomic E-state index is 11.9. The second-order valence-electron chi connectivity index (χ2n) is 4.66. The fourth-order valence-electron chi connectivity index (χ4n) is 1.88. The third kappa shape index (κ3) is 3.51. The number of halogens is 1. The number of anilines is 2. The number of carbonyl (C=O) groups is 1. The van der Waals surface area contributed by atoms with Gasteiger partial charge in [0.05, 0.1) is 17.3 Å². The first-order chi connectivity index (χ1) is 9.45. The van der Waals surface area contributed by atoms with Gasteiger partial charge >= 0.3 is 0 Å². The molecule has 1 heterocycles. The Kier molecular flexibility index (Phi) is 4.29. The van der Waals surface area contributed by atoms with Crippen molar-refractivity contribution in [1.82, 2.24) is 5.16 Å². The standard InChI is InChI=1S/C14H16ClN3O2/c1-8-4-9(2)14(11(15)5-8)17-13(19)7-16-12-6-10(3)20-18-12/h4-6H,7H2,1-3H3,(H,16,18)(H,17,19). The molecule has 2 rings (SSSR count). The van der Waals surface area contributed by atoms with E-state index in [1.54, 1.807) is 13.0 Å². The summed E-state index contributed by atoms with van der Waals surface area (Å²) in [6.45, 7) is 5.74. The molecule has 0 saturated carbocycles. The molecule has 0 aliphatic heterocycles. The van der Waals surface area contributed by atoms with Crippen LogP contribution < -0.4 is 10.6 Å². The van der Waals surface area contributed by atoms with Crippen LogP contribution in [0.1, 0.15) is 16.9 Å². The molecule has 6 heteroatoms. The fraction of sp³-hybridized carbons (Fsp3) is 0.286. The van der Waals surface area contributed by atoms with Gasteiger partial charge in [0, 0.05) is 6.07 Å². The summed E-state index contributed by atoms with van der Waals surface area (Å²) in [5.41, 5.74) is 2.63. The van der Waals surface area contributed by atoms with Crippen molar-refractivity contribution < 1.29 is 9.32 Å². The lowest BCUT2D eigenvalue weighted by atomic mass is 10.1. The number of aryl methyl sites for hydroxylation is 3. The van der Waals surface area contributed by atoms with Crippen molar-refractivity contribution in [3.05, 3.63) is 40.1 Å². The lowest BCUT2D eigenvalue weighted by Gasteiger charge is -2.11. The molecule has 20 heavy (non-hydrogen) atoms. The predicted octanol–water partition coefficient (Wildman–Crippen LogP) is 3.30. The molecule has 0 aliphatic rings. The Labute approximate surface area is 122 Å². The van der Waals surface area contributed by atoms with Crippen molar-refractivity contribution >= 4 is 29.0 Å². The van der Waals surface area contributed by atoms with Gasteiger partial charge in [-0.3, -0.25) is 4.79 Å². The zero-order chi connectivity index (χ0) is 14.7. The number of hydrogen-bond acceptors (Lipinski definition) is 4. The minimum atomic E-state index is -0.195. The molecule has 0 atom stereocenters. The molecular formula is C14H16ClN3O2. The van der Waals surface area contributed by atoms with Crippen molar-refractivity contribution in [1.29, 1.82) is 0 Å². The fourth-order valence-corrected chi connectivity index (χ4v) is 2.25. The molecule has 0 unspecified atom stereocenters. The van der Waals surface area contributed by atoms with Gasteiger partial charge in [-0.1, -0.05) is 22.8 Å². The summed E-state index contributed by atoms with van der Waals surface area (Å²) in [4.78, 5) is 11.9. The normalized spacial score (nSPS) is 10.4. The molecule has 2 aromatic rings. The Morgan fingerprint density at radius 2 is 2.05 bits per heavy atom. The minimum Gasteiger partial charge on any atom is -0.360 e. The van der Waals surface area contributed by atoms with Crippen LogP contribution in [-0.2, 0) is 4.79 Å². The maximum Gasteiger partial charge on any atom is 0.243 e. The van der Waals surface area contributed by atoms with Crippen molar-refractivity contribution in [2.45, 2.75) is 20.8 Å². The van der Waals surface area contributed by atoms with E-state index in [0.29, 0.717) is 22.3 Å². The molecule has 2 N–H and O–H groups in total. The third-order valence-corrected chi connectivity index (χ3v) is 3.05. The first-order valence-electron chi connectivity index (χ1n) is 6.19. The van der Waals surface area contributed by atoms with E-state index in [1.165, 1.54) is 0 Å². The maximum absolute atomic E-state index is 11.9. The van der Waals surface area contributed by atoms with Crippen LogP contribution in [0.15, 0.2) is 22.7 Å². The van der Waals surface area contributed by atoms with E-state index in [-0.39, 0.29) is 12.5 Å². The van der Waals surface area contributed by atoms with Crippen LogP contribution in [0.25, 0.3) is 0 Å². The van der Waals surface area contributed by atoms with Crippen LogP contribution in [0.5, 0.6) is 0 Å². The molecule has 0 fully saturated rings. The summed E-state index contributed by atoms with van der Waals surface area (Å²) in [5.74, 6) is 1.02. The number of aromatic nitrogens is 1. The summed E-state index contributed by atoms with van der Waals surface area (Å²) >= 11 is 6.14. The van der Waals surface area contributed by atoms with E-state index in [2.05, 4.69) is 15.8 Å². The van der Waals surface area contributed by atoms with Gasteiger partial charge in [0.2, 0.25) is 5.91 Å². The van der Waals surface area contributed by atoms with E-state index in [0.717, 1.165) is 11.1 Å². The first-order valence-corrected chi connectivity index (χ1v) is 6.57. The number of rotatable bonds is 4. The number of benzene rings is 1. The van der Waals surface area contributed by atoms with Crippen LogP contribution in [0.3, 0.4) is 0 Å². The largest absolute Gasteiger partial charge is 0.360 e. The van der Waals surface area contributed by atoms with Crippen LogP contribution in [0.2, 0.25) is 5.02 Å². The predicted molar refractivity (Wildman–Crippen MR) is 79.3 cm³/mol. The molecule has 0 saturated heterocycles. The van der Waals surface area contributed by atoms with Gasteiger partial charge in [-0.15, -0.1) is 0 Å². The Morgan fingerprint density at radius 3 is 2.65 bits per heavy atom. The molecule has 0 spiro atoms. The van der Waals surface area contributed by atoms with E-state index in [9.17, 15) is 4.79 Å². The monoisotopic (exact) mass is 293 g/mol. The Morgan fingerprint density at radius 1 is 1.30 bits per heavy atom. The van der Waals surface area contributed by atoms with Gasteiger partial charge in [0.1, 0.15) is 5.76 Å². The highest BCUT2D eigenvalue weighted by Crippen LogP contribution is 2.27. The lowest BCUT2D eigenvalue weighted by molar-refractivity contribution is -0.114. The Hall–Kier alpha value is -2.01. The van der Waals surface area contributed by atoms with Crippen molar-refractivity contribution in [3.63, 3.8) is 0 Å². The molecule has 1 aromatic heterocycles. The quantitative estimate of drug-likeness (QED) is 0.907. The van der Waals surface area contributed by atoms with Crippen molar-refractivity contribution in [2.75, 3.05) is 17.2 Å². The average molecular weight is 294 g/mol. The molecule has 5 nitrogen and oxygen atoms in total. The number of carbonyl (C=O) groups excluding carboxylic acids is 1. The Balaban J connectivity index is 1.98. The molecule has 106 valence electrons. The highest BCUT2D eigenvalue weighted by molar-refractivity contribution is 6.34. The van der Waals surface area contributed by atoms with Crippen LogP contribution in [-0.4, -0.2) is 17.6 Å². The summed E-state index contributed by atoms with van der Waals surface area (Å²) in [6, 6.07) is 5.51. The lowest BCUT2D eigenvalue weighted by Crippen LogP contribution is -2.22. The number of hydrogen-bond donors (Lipinski definition) is 2. The number of amides is 1. The van der Waals surface area contributed by atoms with Gasteiger partial charge in [-0.2, -0.15) is 0 Å². The Bertz CT molecular complexity index is 614. The molecule has 1 amide bonds. The van der Waals surface area contributed by atoms with Gasteiger partial charge in [0.15, 0.2) is 5.82 Å². The summed E-state index contributed by atoms with van der Waals surface area (Å²) in [7, 11) is 0. The number of nitrogens with zero attached hydrogens (tertiary/aromatic N) is 1. The van der Waals surface area contributed by atoms with Crippen LogP contribution in [0.4, 0.5) is 11.5 Å². The minimum absolute atomic E-state index is 0.0929. The van der Waals surface area contributed by atoms with Gasteiger partial charge in [0.25, 0.3) is 0 Å². The van der Waals surface area contributed by atoms with Crippen molar-refractivity contribution in [3.8, 4) is 0 Å². The molecule has 0 radical (unpaired) electrons. The van der Waals surface area contributed by atoms with Crippen molar-refractivity contribution in [2.24, 2.45) is 0 Å². The topological polar surface area (TPSA) is 67.2 Å². The smallest absolute Gasteiger partial charge is 0.243 e. The van der Waals surface area contributed by atoms with E-state index in [4.69, 9.17) is 16.1 Å². The highest BCUT2D eigenvalue weighted by Gasteiger charge is 2.10. The molecular weight excluding hydrogens is 278 g/mol. The molecule has 1 aromatic carbocycles. The van der Waals surface area contributed by atoms with Gasteiger partial charge in [-0.25, -0.2) is 0 Å². The highest BCUT2D eigenvalue weighted by atomic mass is 35.5. The zero-order valence-electron chi connectivity index (χ0n) is 11.6. The van der Waals surface area contributed by atoms with Crippen LogP contribution >= 0.6 is 11.6 Å². The van der Waals surface area contributed by atoms with E-state index in [1.807, 2.05) is 26.0 Å². The number of nitrogens with one attached hydrogen (secondary N) is 2. The second kappa shape index (κ2) is 5.96. The van der Waals surface area contributed by atoms with Gasteiger partial charge < -0.3 is 15.2 Å². The average Bonchev–Trinajstić information content (AvgIpc) is 2.77. The summed E-state index contributed by atoms with van der Waals surface area (Å²) in [5, 5.41) is 9.95. The third-order valence-electron chi connectivity index (χ3n) is 2.75. The van der Waals surface area contributed by atoms with Crippen LogP contribution in [0, 0.1) is 20.8 Å². The van der Waals surface area contributed by atoms with E-state index < -0.39 is 0 Å².